The van der Waals surface area contributed by atoms with Crippen molar-refractivity contribution < 1.29 is 14.3 Å². The highest BCUT2D eigenvalue weighted by molar-refractivity contribution is 5.89. The number of amides is 2. The quantitative estimate of drug-likeness (QED) is 0.503. The highest BCUT2D eigenvalue weighted by atomic mass is 16.5. The van der Waals surface area contributed by atoms with Gasteiger partial charge in [0.1, 0.15) is 0 Å². The van der Waals surface area contributed by atoms with Crippen molar-refractivity contribution in [2.75, 3.05) is 13.7 Å². The molecule has 0 saturated carbocycles. The molecule has 0 rings (SSSR count). The van der Waals surface area contributed by atoms with Crippen LogP contribution < -0.4 is 11.1 Å². The third kappa shape index (κ3) is 10.5. The van der Waals surface area contributed by atoms with Crippen LogP contribution in [0.4, 0.5) is 0 Å². The van der Waals surface area contributed by atoms with Crippen LogP contribution in [0.3, 0.4) is 0 Å². The molecule has 14 heavy (non-hydrogen) atoms. The molecule has 0 aromatic heterocycles. The molecule has 0 fully saturated rings. The second-order valence-corrected chi connectivity index (χ2v) is 2.46. The van der Waals surface area contributed by atoms with Crippen molar-refractivity contribution in [3.05, 3.63) is 12.3 Å². The maximum absolute atomic E-state index is 10.5. The van der Waals surface area contributed by atoms with Crippen LogP contribution >= 0.6 is 0 Å². The lowest BCUT2D eigenvalue weighted by atomic mass is 10.5. The van der Waals surface area contributed by atoms with Gasteiger partial charge in [0.05, 0.1) is 0 Å². The molecule has 5 nitrogen and oxygen atoms in total. The normalized spacial score (nSPS) is 7.93. The zero-order valence-electron chi connectivity index (χ0n) is 8.92. The summed E-state index contributed by atoms with van der Waals surface area (Å²) < 4.78 is 4.58. The Kier molecular flexibility index (Phi) is 10.2. The largest absolute Gasteiger partial charge is 0.479 e. The van der Waals surface area contributed by atoms with E-state index in [9.17, 15) is 9.59 Å². The Balaban J connectivity index is 0. The molecular formula is C9H18N2O3. The number of nitrogens with two attached hydrogens (primary N) is 1. The second kappa shape index (κ2) is 9.57. The maximum atomic E-state index is 10.5. The van der Waals surface area contributed by atoms with Gasteiger partial charge in [0, 0.05) is 7.05 Å². The van der Waals surface area contributed by atoms with Crippen LogP contribution in [0.1, 0.15) is 20.3 Å². The Morgan fingerprint density at radius 2 is 1.86 bits per heavy atom. The monoisotopic (exact) mass is 202 g/mol. The number of carbonyl (C=O) groups is 2. The summed E-state index contributed by atoms with van der Waals surface area (Å²) in [6, 6.07) is 0. The third-order valence-corrected chi connectivity index (χ3v) is 0.931. The number of hydrogen-bond acceptors (Lipinski definition) is 3. The lowest BCUT2D eigenvalue weighted by Crippen LogP contribution is -2.25. The highest BCUT2D eigenvalue weighted by Gasteiger charge is 2.04. The number of primary amides is 1. The number of carbonyl (C=O) groups excluding carboxylic acids is 2. The zero-order valence-corrected chi connectivity index (χ0v) is 8.92. The minimum absolute atomic E-state index is 0.214. The molecule has 0 saturated heterocycles. The first kappa shape index (κ1) is 15.0. The molecule has 2 amide bonds. The lowest BCUT2D eigenvalue weighted by molar-refractivity contribution is -0.125. The molecule has 0 bridgehead atoms. The van der Waals surface area contributed by atoms with Gasteiger partial charge >= 0.3 is 0 Å². The fraction of sp³-hybridized carbons (Fsp3) is 0.556. The Morgan fingerprint density at radius 3 is 2.14 bits per heavy atom. The van der Waals surface area contributed by atoms with Crippen LogP contribution in [0.15, 0.2) is 12.3 Å². The molecule has 0 heterocycles. The van der Waals surface area contributed by atoms with Gasteiger partial charge in [0.15, 0.2) is 12.4 Å². The number of likely N-dealkylation sites (N-methyl/N-ethyl adjacent to an activating group) is 1. The van der Waals surface area contributed by atoms with E-state index in [0.29, 0.717) is 0 Å². The fourth-order valence-electron chi connectivity index (χ4n) is 0.296. The first-order valence-electron chi connectivity index (χ1n) is 4.31. The number of nitrogens with one attached hydrogen (secondary N) is 1. The predicted molar refractivity (Wildman–Crippen MR) is 54.3 cm³/mol. The molecule has 0 atom stereocenters. The summed E-state index contributed by atoms with van der Waals surface area (Å²) in [5.74, 6) is -1.32. The van der Waals surface area contributed by atoms with Crippen molar-refractivity contribution in [2.45, 2.75) is 20.3 Å². The molecule has 82 valence electrons. The van der Waals surface area contributed by atoms with Gasteiger partial charge in [-0.2, -0.15) is 0 Å². The minimum Gasteiger partial charge on any atom is -0.479 e. The summed E-state index contributed by atoms with van der Waals surface area (Å²) in [7, 11) is 1.46. The Morgan fingerprint density at radius 1 is 1.43 bits per heavy atom. The SMILES string of the molecule is C=C(OCC(=O)NC)C(N)=O.CCC. The minimum atomic E-state index is -0.770. The van der Waals surface area contributed by atoms with Crippen molar-refractivity contribution in [2.24, 2.45) is 5.73 Å². The molecule has 0 aliphatic rings. The van der Waals surface area contributed by atoms with Crippen LogP contribution in [-0.4, -0.2) is 25.5 Å². The van der Waals surface area contributed by atoms with Crippen molar-refractivity contribution in [1.82, 2.24) is 5.32 Å². The summed E-state index contributed by atoms with van der Waals surface area (Å²) in [4.78, 5) is 20.8. The van der Waals surface area contributed by atoms with Gasteiger partial charge in [0.25, 0.3) is 11.8 Å². The maximum Gasteiger partial charge on any atom is 0.283 e. The average molecular weight is 202 g/mol. The van der Waals surface area contributed by atoms with E-state index in [1.165, 1.54) is 13.5 Å². The molecule has 0 aromatic rings. The van der Waals surface area contributed by atoms with Gasteiger partial charge in [0.2, 0.25) is 0 Å². The van der Waals surface area contributed by atoms with Crippen molar-refractivity contribution in [3.63, 3.8) is 0 Å². The van der Waals surface area contributed by atoms with Crippen molar-refractivity contribution in [3.8, 4) is 0 Å². The Bertz CT molecular complexity index is 202. The van der Waals surface area contributed by atoms with Crippen LogP contribution in [0.25, 0.3) is 0 Å². The smallest absolute Gasteiger partial charge is 0.283 e. The summed E-state index contributed by atoms with van der Waals surface area (Å²) in [6.45, 7) is 7.20. The fourth-order valence-corrected chi connectivity index (χ4v) is 0.296. The van der Waals surface area contributed by atoms with E-state index >= 15 is 0 Å². The van der Waals surface area contributed by atoms with E-state index in [2.05, 4.69) is 30.5 Å². The Hall–Kier alpha value is -1.52. The van der Waals surface area contributed by atoms with Gasteiger partial charge in [-0.1, -0.05) is 26.8 Å². The summed E-state index contributed by atoms with van der Waals surface area (Å²) >= 11 is 0. The van der Waals surface area contributed by atoms with Crippen molar-refractivity contribution >= 4 is 11.8 Å². The van der Waals surface area contributed by atoms with Crippen LogP contribution in [0, 0.1) is 0 Å². The molecule has 0 spiro atoms. The van der Waals surface area contributed by atoms with Crippen LogP contribution in [0.5, 0.6) is 0 Å². The topological polar surface area (TPSA) is 81.4 Å². The van der Waals surface area contributed by atoms with E-state index in [1.54, 1.807) is 0 Å². The lowest BCUT2D eigenvalue weighted by Gasteiger charge is -2.03. The average Bonchev–Trinajstić information content (AvgIpc) is 2.14. The molecular weight excluding hydrogens is 184 g/mol. The first-order valence-corrected chi connectivity index (χ1v) is 4.31. The van der Waals surface area contributed by atoms with Crippen LogP contribution in [0.2, 0.25) is 0 Å². The van der Waals surface area contributed by atoms with Crippen LogP contribution in [-0.2, 0) is 14.3 Å². The third-order valence-electron chi connectivity index (χ3n) is 0.931. The van der Waals surface area contributed by atoms with E-state index in [-0.39, 0.29) is 18.3 Å². The summed E-state index contributed by atoms with van der Waals surface area (Å²) in [5.41, 5.74) is 4.77. The van der Waals surface area contributed by atoms with Gasteiger partial charge in [-0.25, -0.2) is 0 Å². The second-order valence-electron chi connectivity index (χ2n) is 2.46. The summed E-state index contributed by atoms with van der Waals surface area (Å²) in [6.07, 6.45) is 1.25. The molecule has 3 N–H and O–H groups in total. The first-order chi connectivity index (χ1) is 6.49. The number of hydrogen-bond donors (Lipinski definition) is 2. The molecule has 0 aliphatic carbocycles. The van der Waals surface area contributed by atoms with E-state index in [4.69, 9.17) is 5.73 Å². The number of rotatable bonds is 4. The van der Waals surface area contributed by atoms with E-state index < -0.39 is 5.91 Å². The van der Waals surface area contributed by atoms with Crippen molar-refractivity contribution in [1.29, 1.82) is 0 Å². The standard InChI is InChI=1S/C6H10N2O3.C3H8/c1-4(6(7)10)11-3-5(9)8-2;1-3-2/h1,3H2,2H3,(H2,7,10)(H,8,9);3H2,1-2H3. The van der Waals surface area contributed by atoms with Gasteiger partial charge < -0.3 is 15.8 Å². The van der Waals surface area contributed by atoms with Gasteiger partial charge in [-0.3, -0.25) is 9.59 Å². The van der Waals surface area contributed by atoms with E-state index in [1.807, 2.05) is 0 Å². The Labute approximate surface area is 84.3 Å². The van der Waals surface area contributed by atoms with Gasteiger partial charge in [-0.15, -0.1) is 0 Å². The number of ether oxygens (including phenoxy) is 1. The predicted octanol–water partition coefficient (Wildman–Crippen LogP) is 0.164. The molecule has 5 heteroatoms. The molecule has 0 aromatic carbocycles. The van der Waals surface area contributed by atoms with Gasteiger partial charge in [-0.05, 0) is 0 Å². The molecule has 0 aliphatic heterocycles. The zero-order chi connectivity index (χ0) is 11.6. The molecule has 0 unspecified atom stereocenters. The van der Waals surface area contributed by atoms with E-state index in [0.717, 1.165) is 0 Å². The molecule has 0 radical (unpaired) electrons. The summed E-state index contributed by atoms with van der Waals surface area (Å²) in [5, 5.41) is 2.30. The highest BCUT2D eigenvalue weighted by Crippen LogP contribution is 1.89.